The van der Waals surface area contributed by atoms with Gasteiger partial charge in [-0.25, -0.2) is 0 Å². The number of hydrogen-bond donors (Lipinski definition) is 2. The molecule has 1 amide bonds. The average molecular weight is 438 g/mol. The van der Waals surface area contributed by atoms with Crippen molar-refractivity contribution in [2.75, 3.05) is 11.9 Å². The van der Waals surface area contributed by atoms with E-state index in [9.17, 15) is 14.7 Å². The molecule has 2 N–H and O–H groups in total. The van der Waals surface area contributed by atoms with Gasteiger partial charge in [-0.3, -0.25) is 9.59 Å². The zero-order valence-corrected chi connectivity index (χ0v) is 18.2. The first-order chi connectivity index (χ1) is 14.9. The first-order valence-electron chi connectivity index (χ1n) is 10.9. The standard InChI is InChI=1S/C25H27NO4S/c27-22(26-20-8-4-5-9-21(20)31-19-6-2-1-3-7-19)15-30-23(28)24-11-17-10-18(12-24)14-25(29,13-17)16-24/h1-9,17-18,29H,10-16H2,(H,26,27). The molecule has 4 aliphatic rings. The highest BCUT2D eigenvalue weighted by Gasteiger charge is 2.60. The van der Waals surface area contributed by atoms with Crippen LogP contribution in [0.15, 0.2) is 64.4 Å². The molecule has 0 aromatic heterocycles. The number of benzene rings is 2. The Balaban J connectivity index is 1.21. The van der Waals surface area contributed by atoms with Crippen LogP contribution in [0.3, 0.4) is 0 Å². The largest absolute Gasteiger partial charge is 0.455 e. The molecule has 2 unspecified atom stereocenters. The van der Waals surface area contributed by atoms with Crippen LogP contribution in [0.2, 0.25) is 0 Å². The average Bonchev–Trinajstić information content (AvgIpc) is 2.72. The van der Waals surface area contributed by atoms with E-state index in [1.807, 2.05) is 54.6 Å². The van der Waals surface area contributed by atoms with E-state index >= 15 is 0 Å². The summed E-state index contributed by atoms with van der Waals surface area (Å²) in [5.74, 6) is 0.129. The van der Waals surface area contributed by atoms with Gasteiger partial charge in [-0.2, -0.15) is 0 Å². The van der Waals surface area contributed by atoms with Gasteiger partial charge >= 0.3 is 5.97 Å². The fourth-order valence-corrected chi connectivity index (χ4v) is 7.12. The van der Waals surface area contributed by atoms with Crippen LogP contribution in [-0.4, -0.2) is 29.2 Å². The Kier molecular flexibility index (Phi) is 5.30. The van der Waals surface area contributed by atoms with Crippen molar-refractivity contribution in [2.45, 2.75) is 53.9 Å². The van der Waals surface area contributed by atoms with Crippen molar-refractivity contribution in [1.82, 2.24) is 0 Å². The molecule has 0 aliphatic heterocycles. The van der Waals surface area contributed by atoms with Gasteiger partial charge in [-0.15, -0.1) is 0 Å². The van der Waals surface area contributed by atoms with E-state index in [4.69, 9.17) is 4.74 Å². The number of amides is 1. The van der Waals surface area contributed by atoms with Crippen molar-refractivity contribution in [3.05, 3.63) is 54.6 Å². The summed E-state index contributed by atoms with van der Waals surface area (Å²) in [5, 5.41) is 13.7. The van der Waals surface area contributed by atoms with Gasteiger partial charge in [0.05, 0.1) is 16.7 Å². The van der Waals surface area contributed by atoms with Crippen molar-refractivity contribution in [2.24, 2.45) is 17.3 Å². The number of carbonyl (C=O) groups excluding carboxylic acids is 2. The fraction of sp³-hybridized carbons (Fsp3) is 0.440. The van der Waals surface area contributed by atoms with E-state index in [1.165, 1.54) is 0 Å². The zero-order chi connectivity index (χ0) is 21.5. The van der Waals surface area contributed by atoms with Crippen molar-refractivity contribution < 1.29 is 19.4 Å². The Labute approximate surface area is 186 Å². The number of nitrogens with one attached hydrogen (secondary N) is 1. The lowest BCUT2D eigenvalue weighted by molar-refractivity contribution is -0.196. The SMILES string of the molecule is O=C(COC(=O)C12CC3CC(CC(O)(C3)C1)C2)Nc1ccccc1Sc1ccccc1. The number of anilines is 1. The molecule has 162 valence electrons. The third kappa shape index (κ3) is 4.23. The Hall–Kier alpha value is -2.31. The number of para-hydroxylation sites is 1. The van der Waals surface area contributed by atoms with E-state index < -0.39 is 11.0 Å². The molecule has 4 bridgehead atoms. The summed E-state index contributed by atoms with van der Waals surface area (Å²) in [4.78, 5) is 27.6. The Morgan fingerprint density at radius 1 is 1.00 bits per heavy atom. The molecule has 4 saturated carbocycles. The molecule has 6 rings (SSSR count). The lowest BCUT2D eigenvalue weighted by atomic mass is 9.48. The predicted molar refractivity (Wildman–Crippen MR) is 119 cm³/mol. The minimum Gasteiger partial charge on any atom is -0.455 e. The Morgan fingerprint density at radius 2 is 1.68 bits per heavy atom. The van der Waals surface area contributed by atoms with E-state index in [0.717, 1.165) is 41.9 Å². The zero-order valence-electron chi connectivity index (χ0n) is 17.4. The van der Waals surface area contributed by atoms with Crippen LogP contribution in [0, 0.1) is 17.3 Å². The number of esters is 1. The second-order valence-corrected chi connectivity index (χ2v) is 10.6. The van der Waals surface area contributed by atoms with Crippen LogP contribution in [0.25, 0.3) is 0 Å². The smallest absolute Gasteiger partial charge is 0.312 e. The maximum Gasteiger partial charge on any atom is 0.312 e. The minimum absolute atomic E-state index is 0.307. The third-order valence-electron chi connectivity index (χ3n) is 6.93. The van der Waals surface area contributed by atoms with Crippen LogP contribution < -0.4 is 5.32 Å². The first kappa shape index (κ1) is 20.6. The van der Waals surface area contributed by atoms with Gasteiger partial charge in [0.2, 0.25) is 0 Å². The van der Waals surface area contributed by atoms with Gasteiger partial charge in [0.15, 0.2) is 6.61 Å². The van der Waals surface area contributed by atoms with Gasteiger partial charge in [0.1, 0.15) is 0 Å². The molecule has 2 aromatic carbocycles. The summed E-state index contributed by atoms with van der Waals surface area (Å²) in [6.45, 7) is -0.307. The van der Waals surface area contributed by atoms with E-state index in [-0.39, 0.29) is 18.5 Å². The predicted octanol–water partition coefficient (Wildman–Crippen LogP) is 4.65. The summed E-state index contributed by atoms with van der Waals surface area (Å²) in [6.07, 6.45) is 4.74. The van der Waals surface area contributed by atoms with E-state index in [2.05, 4.69) is 5.32 Å². The van der Waals surface area contributed by atoms with Crippen molar-refractivity contribution in [3.8, 4) is 0 Å². The number of carbonyl (C=O) groups is 2. The number of rotatable bonds is 6. The van der Waals surface area contributed by atoms with Crippen LogP contribution in [0.5, 0.6) is 0 Å². The highest BCUT2D eigenvalue weighted by Crippen LogP contribution is 2.61. The summed E-state index contributed by atoms with van der Waals surface area (Å²) < 4.78 is 5.50. The number of aliphatic hydroxyl groups is 1. The first-order valence-corrected chi connectivity index (χ1v) is 11.8. The highest BCUT2D eigenvalue weighted by molar-refractivity contribution is 7.99. The topological polar surface area (TPSA) is 75.6 Å². The maximum absolute atomic E-state index is 13.0. The molecule has 0 heterocycles. The van der Waals surface area contributed by atoms with Crippen molar-refractivity contribution >= 4 is 29.3 Å². The molecule has 2 atom stereocenters. The summed E-state index contributed by atoms with van der Waals surface area (Å²) >= 11 is 1.57. The second kappa shape index (κ2) is 7.99. The van der Waals surface area contributed by atoms with Crippen molar-refractivity contribution in [3.63, 3.8) is 0 Å². The second-order valence-electron chi connectivity index (χ2n) is 9.50. The lowest BCUT2D eigenvalue weighted by Crippen LogP contribution is -2.58. The summed E-state index contributed by atoms with van der Waals surface area (Å²) in [5.41, 5.74) is -0.638. The van der Waals surface area contributed by atoms with Crippen molar-refractivity contribution in [1.29, 1.82) is 0 Å². The van der Waals surface area contributed by atoms with Gasteiger partial charge < -0.3 is 15.2 Å². The van der Waals surface area contributed by atoms with Gasteiger partial charge in [0, 0.05) is 9.79 Å². The summed E-state index contributed by atoms with van der Waals surface area (Å²) in [6, 6.07) is 17.6. The fourth-order valence-electron chi connectivity index (χ4n) is 6.20. The highest BCUT2D eigenvalue weighted by atomic mass is 32.2. The normalized spacial score (nSPS) is 30.7. The molecular weight excluding hydrogens is 410 g/mol. The Bertz CT molecular complexity index is 978. The minimum atomic E-state index is -0.723. The molecule has 4 fully saturated rings. The molecule has 31 heavy (non-hydrogen) atoms. The molecule has 0 spiro atoms. The van der Waals surface area contributed by atoms with Gasteiger partial charge in [-0.1, -0.05) is 42.1 Å². The molecule has 0 radical (unpaired) electrons. The van der Waals surface area contributed by atoms with Crippen LogP contribution in [0.4, 0.5) is 5.69 Å². The quantitative estimate of drug-likeness (QED) is 0.644. The molecule has 6 heteroatoms. The van der Waals surface area contributed by atoms with Gasteiger partial charge in [-0.05, 0) is 74.6 Å². The summed E-state index contributed by atoms with van der Waals surface area (Å²) in [7, 11) is 0. The molecular formula is C25H27NO4S. The number of hydrogen-bond acceptors (Lipinski definition) is 5. The number of ether oxygens (including phenoxy) is 1. The van der Waals surface area contributed by atoms with Crippen LogP contribution in [0.1, 0.15) is 38.5 Å². The molecule has 0 saturated heterocycles. The molecule has 2 aromatic rings. The van der Waals surface area contributed by atoms with E-state index in [0.29, 0.717) is 23.9 Å². The van der Waals surface area contributed by atoms with Crippen LogP contribution >= 0.6 is 11.8 Å². The third-order valence-corrected chi connectivity index (χ3v) is 8.01. The van der Waals surface area contributed by atoms with Gasteiger partial charge in [0.25, 0.3) is 5.91 Å². The van der Waals surface area contributed by atoms with Crippen LogP contribution in [-0.2, 0) is 14.3 Å². The van der Waals surface area contributed by atoms with E-state index in [1.54, 1.807) is 11.8 Å². The monoisotopic (exact) mass is 437 g/mol. The lowest BCUT2D eigenvalue weighted by Gasteiger charge is -2.58. The maximum atomic E-state index is 13.0. The Morgan fingerprint density at radius 3 is 2.39 bits per heavy atom. The molecule has 5 nitrogen and oxygen atoms in total. The molecule has 4 aliphatic carbocycles.